The Morgan fingerprint density at radius 3 is 2.73 bits per heavy atom. The third-order valence-corrected chi connectivity index (χ3v) is 2.81. The van der Waals surface area contributed by atoms with Gasteiger partial charge in [0.25, 0.3) is 0 Å². The summed E-state index contributed by atoms with van der Waals surface area (Å²) >= 11 is 0. The molecule has 0 fully saturated rings. The number of rotatable bonds is 6. The summed E-state index contributed by atoms with van der Waals surface area (Å²) in [6, 6.07) is 9.07. The molecule has 1 rings (SSSR count). The highest BCUT2D eigenvalue weighted by molar-refractivity contribution is 5.28. The van der Waals surface area contributed by atoms with Crippen LogP contribution < -0.4 is 5.32 Å². The third-order valence-electron chi connectivity index (χ3n) is 2.81. The van der Waals surface area contributed by atoms with Crippen LogP contribution in [0.4, 0.5) is 0 Å². The topological polar surface area (TPSA) is 12.0 Å². The Morgan fingerprint density at radius 1 is 1.40 bits per heavy atom. The Labute approximate surface area is 93.2 Å². The van der Waals surface area contributed by atoms with Crippen molar-refractivity contribution in [3.05, 3.63) is 48.0 Å². The molecule has 1 aromatic rings. The Balaban J connectivity index is 2.65. The highest BCUT2D eigenvalue weighted by Crippen LogP contribution is 2.21. The molecule has 0 bridgehead atoms. The molecule has 0 aliphatic carbocycles. The number of aryl methyl sites for hydroxylation is 1. The summed E-state index contributed by atoms with van der Waals surface area (Å²) in [4.78, 5) is 0. The number of allylic oxidation sites excluding steroid dienone is 1. The van der Waals surface area contributed by atoms with Crippen LogP contribution in [-0.2, 0) is 0 Å². The van der Waals surface area contributed by atoms with Crippen molar-refractivity contribution < 1.29 is 0 Å². The van der Waals surface area contributed by atoms with Crippen LogP contribution in [-0.4, -0.2) is 7.05 Å². The lowest BCUT2D eigenvalue weighted by Gasteiger charge is -2.18. The first kappa shape index (κ1) is 12.0. The number of nitrogens with one attached hydrogen (secondary N) is 1. The highest BCUT2D eigenvalue weighted by Gasteiger charge is 2.09. The van der Waals surface area contributed by atoms with Crippen molar-refractivity contribution in [2.45, 2.75) is 32.2 Å². The van der Waals surface area contributed by atoms with Crippen molar-refractivity contribution in [1.82, 2.24) is 5.32 Å². The van der Waals surface area contributed by atoms with Gasteiger partial charge in [-0.1, -0.05) is 30.3 Å². The molecule has 82 valence electrons. The summed E-state index contributed by atoms with van der Waals surface area (Å²) in [5.74, 6) is 0. The zero-order valence-electron chi connectivity index (χ0n) is 9.79. The van der Waals surface area contributed by atoms with Crippen LogP contribution >= 0.6 is 0 Å². The molecule has 0 radical (unpaired) electrons. The quantitative estimate of drug-likeness (QED) is 0.550. The van der Waals surface area contributed by atoms with Crippen LogP contribution in [0.25, 0.3) is 0 Å². The van der Waals surface area contributed by atoms with E-state index in [0.29, 0.717) is 6.04 Å². The van der Waals surface area contributed by atoms with Gasteiger partial charge in [0.15, 0.2) is 0 Å². The van der Waals surface area contributed by atoms with Crippen LogP contribution in [0.2, 0.25) is 0 Å². The van der Waals surface area contributed by atoms with E-state index in [1.54, 1.807) is 0 Å². The highest BCUT2D eigenvalue weighted by atomic mass is 14.9. The summed E-state index contributed by atoms with van der Waals surface area (Å²) in [6.07, 6.45) is 5.46. The lowest BCUT2D eigenvalue weighted by molar-refractivity contribution is 0.528. The van der Waals surface area contributed by atoms with E-state index < -0.39 is 0 Å². The van der Waals surface area contributed by atoms with E-state index in [2.05, 4.69) is 43.1 Å². The molecule has 0 saturated heterocycles. The Morgan fingerprint density at radius 2 is 2.13 bits per heavy atom. The molecule has 1 nitrogen and oxygen atoms in total. The van der Waals surface area contributed by atoms with Gasteiger partial charge in [0.1, 0.15) is 0 Å². The summed E-state index contributed by atoms with van der Waals surface area (Å²) in [5.41, 5.74) is 2.79. The van der Waals surface area contributed by atoms with Crippen LogP contribution in [0, 0.1) is 6.92 Å². The van der Waals surface area contributed by atoms with E-state index in [0.717, 1.165) is 6.42 Å². The van der Waals surface area contributed by atoms with Gasteiger partial charge in [0.05, 0.1) is 0 Å². The van der Waals surface area contributed by atoms with Gasteiger partial charge < -0.3 is 5.32 Å². The van der Waals surface area contributed by atoms with Crippen LogP contribution in [0.5, 0.6) is 0 Å². The molecule has 0 amide bonds. The fraction of sp³-hybridized carbons (Fsp3) is 0.429. The second-order valence-electron chi connectivity index (χ2n) is 3.92. The number of benzene rings is 1. The van der Waals surface area contributed by atoms with Crippen molar-refractivity contribution >= 4 is 0 Å². The molecular formula is C14H21N. The van der Waals surface area contributed by atoms with Gasteiger partial charge in [-0.25, -0.2) is 0 Å². The third kappa shape index (κ3) is 3.52. The molecule has 15 heavy (non-hydrogen) atoms. The average molecular weight is 203 g/mol. The monoisotopic (exact) mass is 203 g/mol. The summed E-state index contributed by atoms with van der Waals surface area (Å²) in [5, 5.41) is 3.38. The summed E-state index contributed by atoms with van der Waals surface area (Å²) in [7, 11) is 2.03. The van der Waals surface area contributed by atoms with Gasteiger partial charge in [-0.3, -0.25) is 0 Å². The predicted molar refractivity (Wildman–Crippen MR) is 67.0 cm³/mol. The number of hydrogen-bond donors (Lipinski definition) is 1. The van der Waals surface area contributed by atoms with Crippen molar-refractivity contribution in [1.29, 1.82) is 0 Å². The standard InChI is InChI=1S/C14H21N/c1-4-5-6-11-14(15-3)13-10-8-7-9-12(13)2/h4,7-10,14-15H,1,5-6,11H2,2-3H3. The number of hydrogen-bond acceptors (Lipinski definition) is 1. The van der Waals surface area contributed by atoms with Crippen molar-refractivity contribution in [3.63, 3.8) is 0 Å². The summed E-state index contributed by atoms with van der Waals surface area (Å²) < 4.78 is 0. The minimum absolute atomic E-state index is 0.478. The molecule has 1 N–H and O–H groups in total. The van der Waals surface area contributed by atoms with E-state index in [4.69, 9.17) is 0 Å². The largest absolute Gasteiger partial charge is 0.313 e. The zero-order valence-corrected chi connectivity index (χ0v) is 9.79. The van der Waals surface area contributed by atoms with Crippen LogP contribution in [0.15, 0.2) is 36.9 Å². The maximum Gasteiger partial charge on any atom is 0.0320 e. The second kappa shape index (κ2) is 6.41. The SMILES string of the molecule is C=CCCCC(NC)c1ccccc1C. The van der Waals surface area contributed by atoms with Crippen LogP contribution in [0.1, 0.15) is 36.4 Å². The van der Waals surface area contributed by atoms with Crippen LogP contribution in [0.3, 0.4) is 0 Å². The Hall–Kier alpha value is -1.08. The maximum absolute atomic E-state index is 3.75. The molecule has 0 saturated carbocycles. The molecule has 1 atom stereocenters. The predicted octanol–water partition coefficient (Wildman–Crippen LogP) is 3.61. The fourth-order valence-electron chi connectivity index (χ4n) is 1.90. The maximum atomic E-state index is 3.75. The first-order chi connectivity index (χ1) is 7.29. The molecule has 1 aromatic carbocycles. The van der Waals surface area contributed by atoms with E-state index in [1.165, 1.54) is 24.0 Å². The normalized spacial score (nSPS) is 12.4. The van der Waals surface area contributed by atoms with Gasteiger partial charge in [-0.05, 0) is 44.4 Å². The number of unbranched alkanes of at least 4 members (excludes halogenated alkanes) is 1. The molecule has 1 heteroatoms. The molecule has 0 heterocycles. The van der Waals surface area contributed by atoms with E-state index >= 15 is 0 Å². The van der Waals surface area contributed by atoms with Gasteiger partial charge in [0, 0.05) is 6.04 Å². The molecule has 0 aliphatic heterocycles. The fourth-order valence-corrected chi connectivity index (χ4v) is 1.90. The van der Waals surface area contributed by atoms with E-state index in [-0.39, 0.29) is 0 Å². The first-order valence-electron chi connectivity index (χ1n) is 5.63. The smallest absolute Gasteiger partial charge is 0.0320 e. The molecule has 0 aliphatic rings. The van der Waals surface area contributed by atoms with Gasteiger partial charge in [-0.2, -0.15) is 0 Å². The zero-order chi connectivity index (χ0) is 11.1. The molecular weight excluding hydrogens is 182 g/mol. The van der Waals surface area contributed by atoms with Crippen molar-refractivity contribution in [2.75, 3.05) is 7.05 Å². The van der Waals surface area contributed by atoms with E-state index in [9.17, 15) is 0 Å². The van der Waals surface area contributed by atoms with Gasteiger partial charge in [-0.15, -0.1) is 6.58 Å². The van der Waals surface area contributed by atoms with Gasteiger partial charge >= 0.3 is 0 Å². The first-order valence-corrected chi connectivity index (χ1v) is 5.63. The Kier molecular flexibility index (Phi) is 5.13. The molecule has 1 unspecified atom stereocenters. The van der Waals surface area contributed by atoms with E-state index in [1.807, 2.05) is 13.1 Å². The van der Waals surface area contributed by atoms with Crippen molar-refractivity contribution in [2.24, 2.45) is 0 Å². The summed E-state index contributed by atoms with van der Waals surface area (Å²) in [6.45, 7) is 5.93. The average Bonchev–Trinajstić information content (AvgIpc) is 2.26. The Bertz CT molecular complexity index is 304. The lowest BCUT2D eigenvalue weighted by Crippen LogP contribution is -2.17. The minimum atomic E-state index is 0.478. The lowest BCUT2D eigenvalue weighted by atomic mass is 9.97. The van der Waals surface area contributed by atoms with Crippen molar-refractivity contribution in [3.8, 4) is 0 Å². The molecule has 0 spiro atoms. The molecule has 0 aromatic heterocycles. The van der Waals surface area contributed by atoms with Gasteiger partial charge in [0.2, 0.25) is 0 Å². The minimum Gasteiger partial charge on any atom is -0.313 e. The second-order valence-corrected chi connectivity index (χ2v) is 3.92.